The number of carbonyl (C=O) groups excluding carboxylic acids is 1. The topological polar surface area (TPSA) is 126 Å². The summed E-state index contributed by atoms with van der Waals surface area (Å²) in [4.78, 5) is 39.6. The Hall–Kier alpha value is -4.36. The largest absolute Gasteiger partial charge is 0.461 e. The Balaban J connectivity index is 1.99. The third-order valence-electron chi connectivity index (χ3n) is 6.58. The van der Waals surface area contributed by atoms with E-state index in [1.165, 1.54) is 24.3 Å². The number of H-pyrrole nitrogens is 1. The predicted octanol–water partition coefficient (Wildman–Crippen LogP) is 6.77. The molecule has 0 spiro atoms. The molecule has 4 rings (SSSR count). The molecule has 2 heterocycles. The van der Waals surface area contributed by atoms with Gasteiger partial charge in [0.15, 0.2) is 11.6 Å². The van der Waals surface area contributed by atoms with Gasteiger partial charge in [0.05, 0.1) is 22.6 Å². The molecule has 0 radical (unpaired) electrons. The fourth-order valence-electron chi connectivity index (χ4n) is 4.44. The lowest BCUT2D eigenvalue weighted by Crippen LogP contribution is -2.22. The molecule has 2 aromatic heterocycles. The highest BCUT2D eigenvalue weighted by Gasteiger charge is 2.26. The van der Waals surface area contributed by atoms with Gasteiger partial charge in [-0.3, -0.25) is 14.9 Å². The molecule has 0 saturated heterocycles. The molecule has 0 saturated carbocycles. The minimum Gasteiger partial charge on any atom is -0.461 e. The lowest BCUT2D eigenvalue weighted by atomic mass is 10.0. The lowest BCUT2D eigenvalue weighted by molar-refractivity contribution is -0.384. The molecule has 222 valence electrons. The van der Waals surface area contributed by atoms with Crippen LogP contribution in [-0.2, 0) is 16.2 Å². The highest BCUT2D eigenvalue weighted by molar-refractivity contribution is 6.76. The van der Waals surface area contributed by atoms with Crippen LogP contribution in [0.2, 0.25) is 25.7 Å². The molecule has 0 atom stereocenters. The average molecular weight is 600 g/mol. The molecule has 2 aromatic carbocycles. The van der Waals surface area contributed by atoms with Gasteiger partial charge in [0.25, 0.3) is 11.2 Å². The van der Waals surface area contributed by atoms with Gasteiger partial charge in [-0.2, -0.15) is 0 Å². The van der Waals surface area contributed by atoms with Crippen LogP contribution in [0, 0.1) is 28.7 Å². The number of ether oxygens (including phenoxy) is 3. The Morgan fingerprint density at radius 1 is 1.10 bits per heavy atom. The first-order valence-electron chi connectivity index (χ1n) is 13.2. The molecule has 0 aliphatic carbocycles. The molecule has 0 amide bonds. The van der Waals surface area contributed by atoms with E-state index in [2.05, 4.69) is 24.6 Å². The predicted molar refractivity (Wildman–Crippen MR) is 156 cm³/mol. The number of pyridine rings is 1. The van der Waals surface area contributed by atoms with Crippen molar-refractivity contribution in [3.8, 4) is 22.8 Å². The number of aromatic amines is 1. The summed E-state index contributed by atoms with van der Waals surface area (Å²) in [6.45, 7) is 10.4. The second-order valence-corrected chi connectivity index (χ2v) is 16.5. The molecule has 0 bridgehead atoms. The van der Waals surface area contributed by atoms with Crippen molar-refractivity contribution in [3.63, 3.8) is 0 Å². The van der Waals surface area contributed by atoms with Crippen molar-refractivity contribution in [2.45, 2.75) is 46.3 Å². The van der Waals surface area contributed by atoms with Gasteiger partial charge in [0.2, 0.25) is 0 Å². The van der Waals surface area contributed by atoms with Crippen LogP contribution in [-0.4, -0.2) is 41.7 Å². The number of benzene rings is 2. The fourth-order valence-corrected chi connectivity index (χ4v) is 5.20. The first-order chi connectivity index (χ1) is 19.8. The summed E-state index contributed by atoms with van der Waals surface area (Å²) in [5.41, 5.74) is -0.133. The number of aryl methyl sites for hydroxylation is 1. The first kappa shape index (κ1) is 30.6. The Bertz CT molecular complexity index is 1730. The van der Waals surface area contributed by atoms with Crippen molar-refractivity contribution < 1.29 is 32.7 Å². The zero-order chi connectivity index (χ0) is 30.8. The number of nitro groups is 1. The molecule has 13 heteroatoms. The van der Waals surface area contributed by atoms with Crippen molar-refractivity contribution >= 4 is 30.5 Å². The molecule has 0 aliphatic heterocycles. The van der Waals surface area contributed by atoms with E-state index >= 15 is 0 Å². The summed E-state index contributed by atoms with van der Waals surface area (Å²) in [7, 11) is -1.43. The number of fused-ring (bicyclic) bond motifs is 1. The molecule has 1 N–H and O–H groups in total. The normalized spacial score (nSPS) is 11.6. The molecular weight excluding hydrogens is 568 g/mol. The lowest BCUT2D eigenvalue weighted by Gasteiger charge is -2.18. The van der Waals surface area contributed by atoms with E-state index in [0.717, 1.165) is 18.2 Å². The second-order valence-electron chi connectivity index (χ2n) is 10.8. The third kappa shape index (κ3) is 6.58. The van der Waals surface area contributed by atoms with Gasteiger partial charge in [0, 0.05) is 49.5 Å². The smallest absolute Gasteiger partial charge is 0.354 e. The molecular formula is C29H31F2N3O7Si. The van der Waals surface area contributed by atoms with Gasteiger partial charge in [-0.05, 0) is 44.2 Å². The minimum absolute atomic E-state index is 0.00757. The minimum atomic E-state index is -1.43. The quantitative estimate of drug-likeness (QED) is 0.0663. The number of halogens is 2. The first-order valence-corrected chi connectivity index (χ1v) is 16.9. The summed E-state index contributed by atoms with van der Waals surface area (Å²) in [5, 5.41) is 12.3. The van der Waals surface area contributed by atoms with Crippen LogP contribution >= 0.6 is 0 Å². The van der Waals surface area contributed by atoms with E-state index in [4.69, 9.17) is 14.2 Å². The number of nitro benzene ring substituents is 1. The van der Waals surface area contributed by atoms with E-state index in [0.29, 0.717) is 18.4 Å². The molecule has 42 heavy (non-hydrogen) atoms. The number of hydrogen-bond donors (Lipinski definition) is 1. The summed E-state index contributed by atoms with van der Waals surface area (Å²) < 4.78 is 46.7. The van der Waals surface area contributed by atoms with Gasteiger partial charge >= 0.3 is 5.97 Å². The van der Waals surface area contributed by atoms with E-state index < -0.39 is 36.2 Å². The maximum Gasteiger partial charge on any atom is 0.354 e. The summed E-state index contributed by atoms with van der Waals surface area (Å²) >= 11 is 0. The number of nitrogens with one attached hydrogen (secondary N) is 1. The third-order valence-corrected chi connectivity index (χ3v) is 8.28. The zero-order valence-corrected chi connectivity index (χ0v) is 24.9. The second kappa shape index (κ2) is 12.2. The van der Waals surface area contributed by atoms with Crippen LogP contribution in [0.4, 0.5) is 14.5 Å². The van der Waals surface area contributed by atoms with Crippen LogP contribution in [0.25, 0.3) is 22.0 Å². The van der Waals surface area contributed by atoms with E-state index in [9.17, 15) is 28.5 Å². The van der Waals surface area contributed by atoms with Crippen molar-refractivity contribution in [1.82, 2.24) is 9.55 Å². The molecule has 0 aliphatic rings. The van der Waals surface area contributed by atoms with Gasteiger partial charge in [-0.1, -0.05) is 19.6 Å². The number of carbonyl (C=O) groups is 1. The monoisotopic (exact) mass is 599 g/mol. The maximum absolute atomic E-state index is 14.6. The van der Waals surface area contributed by atoms with E-state index in [1.807, 2.05) is 0 Å². The molecule has 0 fully saturated rings. The Labute approximate surface area is 241 Å². The zero-order valence-electron chi connectivity index (χ0n) is 23.9. The van der Waals surface area contributed by atoms with Crippen LogP contribution in [0.1, 0.15) is 23.1 Å². The maximum atomic E-state index is 14.6. The van der Waals surface area contributed by atoms with Gasteiger partial charge in [0.1, 0.15) is 24.0 Å². The number of aromatic nitrogens is 2. The average Bonchev–Trinajstić information content (AvgIpc) is 3.19. The SMILES string of the molecule is CCOC(=O)c1cc2c(-c3cc([N+](=O)[O-])ccc3Oc3ccc(F)cc3F)n(COCC[Si](C)(C)C)c(C)c2c(=O)[nH]1. The summed E-state index contributed by atoms with van der Waals surface area (Å²) in [5.74, 6) is -2.87. The highest BCUT2D eigenvalue weighted by atomic mass is 28.3. The highest BCUT2D eigenvalue weighted by Crippen LogP contribution is 2.42. The van der Waals surface area contributed by atoms with Gasteiger partial charge < -0.3 is 23.8 Å². The Kier molecular flexibility index (Phi) is 8.92. The Morgan fingerprint density at radius 2 is 1.81 bits per heavy atom. The summed E-state index contributed by atoms with van der Waals surface area (Å²) in [6, 6.07) is 8.77. The van der Waals surface area contributed by atoms with Gasteiger partial charge in [-0.25, -0.2) is 13.6 Å². The number of hydrogen-bond acceptors (Lipinski definition) is 7. The number of non-ortho nitro benzene ring substituents is 1. The van der Waals surface area contributed by atoms with Crippen molar-refractivity contribution in [2.24, 2.45) is 0 Å². The number of esters is 1. The molecule has 0 unspecified atom stereocenters. The number of nitrogens with zero attached hydrogens (tertiary/aromatic N) is 2. The molecule has 10 nitrogen and oxygen atoms in total. The van der Waals surface area contributed by atoms with E-state index in [-0.39, 0.29) is 58.2 Å². The fraction of sp³-hybridized carbons (Fsp3) is 0.310. The van der Waals surface area contributed by atoms with Crippen LogP contribution in [0.15, 0.2) is 47.3 Å². The van der Waals surface area contributed by atoms with E-state index in [1.54, 1.807) is 18.4 Å². The number of rotatable bonds is 11. The van der Waals surface area contributed by atoms with Crippen molar-refractivity contribution in [2.75, 3.05) is 13.2 Å². The van der Waals surface area contributed by atoms with Crippen LogP contribution in [0.5, 0.6) is 11.5 Å². The Morgan fingerprint density at radius 3 is 2.45 bits per heavy atom. The standard InChI is InChI=1S/C29H31F2N3O7Si/c1-6-40-29(36)23-15-21-26(28(35)32-23)17(2)33(16-39-11-12-42(3,4)5)27(21)20-14-19(34(37)38)8-10-24(20)41-25-9-7-18(30)13-22(25)31/h7-10,13-15H,6,11-12,16H2,1-5H3,(H,32,35). The van der Waals surface area contributed by atoms with Gasteiger partial charge in [-0.15, -0.1) is 0 Å². The van der Waals surface area contributed by atoms with Crippen LogP contribution < -0.4 is 10.3 Å². The van der Waals surface area contributed by atoms with Crippen molar-refractivity contribution in [3.05, 3.63) is 86.0 Å². The van der Waals surface area contributed by atoms with Crippen molar-refractivity contribution in [1.29, 1.82) is 0 Å². The molecule has 4 aromatic rings. The van der Waals surface area contributed by atoms with Crippen LogP contribution in [0.3, 0.4) is 0 Å². The summed E-state index contributed by atoms with van der Waals surface area (Å²) in [6.07, 6.45) is 0.